The van der Waals surface area contributed by atoms with E-state index >= 15 is 0 Å². The maximum atomic E-state index is 12.0. The first-order valence-corrected chi connectivity index (χ1v) is 6.86. The maximum Gasteiger partial charge on any atom is 0.389 e. The van der Waals surface area contributed by atoms with Crippen molar-refractivity contribution in [2.45, 2.75) is 44.8 Å². The molecule has 1 atom stereocenters. The molecule has 0 saturated carbocycles. The first-order valence-electron chi connectivity index (χ1n) is 6.86. The summed E-state index contributed by atoms with van der Waals surface area (Å²) in [7, 11) is 1.93. The van der Waals surface area contributed by atoms with E-state index in [1.165, 1.54) is 5.56 Å². The van der Waals surface area contributed by atoms with E-state index in [0.29, 0.717) is 11.8 Å². The topological polar surface area (TPSA) is 21.3 Å². The fraction of sp³-hybridized carbons (Fsp3) is 0.600. The Labute approximate surface area is 118 Å². The molecule has 1 unspecified atom stereocenters. The maximum absolute atomic E-state index is 12.0. The van der Waals surface area contributed by atoms with Crippen molar-refractivity contribution in [2.75, 3.05) is 13.7 Å². The molecular formula is C15H22F3NO. The molecule has 0 aliphatic carbocycles. The molecule has 1 N–H and O–H groups in total. The summed E-state index contributed by atoms with van der Waals surface area (Å²) in [6, 6.07) is 8.01. The molecule has 0 heterocycles. The lowest BCUT2D eigenvalue weighted by Crippen LogP contribution is -2.21. The molecule has 0 saturated heterocycles. The highest BCUT2D eigenvalue weighted by molar-refractivity contribution is 5.27. The van der Waals surface area contributed by atoms with Crippen LogP contribution in [0.2, 0.25) is 0 Å². The zero-order valence-corrected chi connectivity index (χ0v) is 12.0. The lowest BCUT2D eigenvalue weighted by molar-refractivity contribution is -0.136. The Bertz CT molecular complexity index is 376. The number of nitrogens with one attached hydrogen (secondary N) is 1. The van der Waals surface area contributed by atoms with Crippen molar-refractivity contribution < 1.29 is 17.9 Å². The van der Waals surface area contributed by atoms with Crippen LogP contribution in [0.4, 0.5) is 13.2 Å². The summed E-state index contributed by atoms with van der Waals surface area (Å²) in [5, 5.41) is 3.18. The van der Waals surface area contributed by atoms with Gasteiger partial charge in [0.25, 0.3) is 0 Å². The normalized spacial score (nSPS) is 13.2. The van der Waals surface area contributed by atoms with Gasteiger partial charge in [0, 0.05) is 12.5 Å². The molecule has 0 bridgehead atoms. The second-order valence-electron chi connectivity index (χ2n) is 4.94. The Morgan fingerprint density at radius 1 is 1.20 bits per heavy atom. The third-order valence-electron chi connectivity index (χ3n) is 3.16. The van der Waals surface area contributed by atoms with Crippen LogP contribution in [0.15, 0.2) is 24.3 Å². The van der Waals surface area contributed by atoms with E-state index in [2.05, 4.69) is 12.2 Å². The van der Waals surface area contributed by atoms with Crippen LogP contribution in [-0.4, -0.2) is 25.9 Å². The molecular weight excluding hydrogens is 267 g/mol. The van der Waals surface area contributed by atoms with Crippen LogP contribution < -0.4 is 10.1 Å². The van der Waals surface area contributed by atoms with Gasteiger partial charge in [-0.3, -0.25) is 0 Å². The van der Waals surface area contributed by atoms with Gasteiger partial charge >= 0.3 is 6.18 Å². The summed E-state index contributed by atoms with van der Waals surface area (Å²) >= 11 is 0. The summed E-state index contributed by atoms with van der Waals surface area (Å²) < 4.78 is 41.1. The highest BCUT2D eigenvalue weighted by atomic mass is 19.4. The molecule has 0 aliphatic rings. The van der Waals surface area contributed by atoms with Gasteiger partial charge in [0.15, 0.2) is 0 Å². The molecule has 114 valence electrons. The molecule has 0 amide bonds. The van der Waals surface area contributed by atoms with Crippen LogP contribution in [0.5, 0.6) is 5.75 Å². The minimum Gasteiger partial charge on any atom is -0.494 e. The molecule has 1 rings (SSSR count). The van der Waals surface area contributed by atoms with Crippen LogP contribution in [0, 0.1) is 0 Å². The smallest absolute Gasteiger partial charge is 0.389 e. The predicted molar refractivity (Wildman–Crippen MR) is 74.1 cm³/mol. The first kappa shape index (κ1) is 16.8. The van der Waals surface area contributed by atoms with E-state index in [1.54, 1.807) is 0 Å². The number of alkyl halides is 3. The van der Waals surface area contributed by atoms with Crippen LogP contribution in [0.25, 0.3) is 0 Å². The van der Waals surface area contributed by atoms with Gasteiger partial charge in [-0.1, -0.05) is 12.1 Å². The Hall–Kier alpha value is -1.23. The molecule has 20 heavy (non-hydrogen) atoms. The van der Waals surface area contributed by atoms with Crippen molar-refractivity contribution >= 4 is 0 Å². The molecule has 0 aromatic heterocycles. The van der Waals surface area contributed by atoms with Crippen LogP contribution >= 0.6 is 0 Å². The third kappa shape index (κ3) is 7.38. The number of benzene rings is 1. The van der Waals surface area contributed by atoms with E-state index in [4.69, 9.17) is 4.74 Å². The monoisotopic (exact) mass is 289 g/mol. The Morgan fingerprint density at radius 2 is 1.85 bits per heavy atom. The minimum atomic E-state index is -4.10. The predicted octanol–water partition coefficient (Wildman–Crippen LogP) is 3.95. The largest absolute Gasteiger partial charge is 0.494 e. The number of aryl methyl sites for hydroxylation is 1. The van der Waals surface area contributed by atoms with Crippen molar-refractivity contribution in [1.29, 1.82) is 0 Å². The van der Waals surface area contributed by atoms with Gasteiger partial charge in [0.1, 0.15) is 5.75 Å². The summed E-state index contributed by atoms with van der Waals surface area (Å²) in [4.78, 5) is 0. The highest BCUT2D eigenvalue weighted by Gasteiger charge is 2.26. The fourth-order valence-electron chi connectivity index (χ4n) is 1.74. The van der Waals surface area contributed by atoms with Crippen molar-refractivity contribution in [1.82, 2.24) is 5.32 Å². The van der Waals surface area contributed by atoms with E-state index in [9.17, 15) is 13.2 Å². The summed E-state index contributed by atoms with van der Waals surface area (Å²) in [6.07, 6.45) is -2.90. The van der Waals surface area contributed by atoms with Crippen LogP contribution in [-0.2, 0) is 6.42 Å². The molecule has 0 fully saturated rings. The molecule has 0 aliphatic heterocycles. The average molecular weight is 289 g/mol. The van der Waals surface area contributed by atoms with Gasteiger partial charge in [-0.2, -0.15) is 13.2 Å². The molecule has 5 heteroatoms. The van der Waals surface area contributed by atoms with Crippen molar-refractivity contribution in [3.8, 4) is 5.75 Å². The highest BCUT2D eigenvalue weighted by Crippen LogP contribution is 2.21. The second kappa shape index (κ2) is 8.15. The minimum absolute atomic E-state index is 0.00899. The number of halogens is 3. The molecule has 0 spiro atoms. The van der Waals surface area contributed by atoms with Crippen molar-refractivity contribution in [3.05, 3.63) is 29.8 Å². The Morgan fingerprint density at radius 3 is 2.40 bits per heavy atom. The zero-order chi connectivity index (χ0) is 15.0. The van der Waals surface area contributed by atoms with Crippen LogP contribution in [0.3, 0.4) is 0 Å². The number of ether oxygens (including phenoxy) is 1. The van der Waals surface area contributed by atoms with Gasteiger partial charge in [-0.05, 0) is 50.9 Å². The summed E-state index contributed by atoms with van der Waals surface area (Å²) in [5.74, 6) is 0.623. The van der Waals surface area contributed by atoms with Gasteiger partial charge in [-0.25, -0.2) is 0 Å². The summed E-state index contributed by atoms with van der Waals surface area (Å²) in [6.45, 7) is 2.22. The lowest BCUT2D eigenvalue weighted by Gasteiger charge is -2.11. The van der Waals surface area contributed by atoms with Gasteiger partial charge in [0.2, 0.25) is 0 Å². The lowest BCUT2D eigenvalue weighted by atomic mass is 10.1. The third-order valence-corrected chi connectivity index (χ3v) is 3.16. The van der Waals surface area contributed by atoms with Crippen LogP contribution in [0.1, 0.15) is 31.7 Å². The number of hydrogen-bond donors (Lipinski definition) is 1. The first-order chi connectivity index (χ1) is 9.40. The fourth-order valence-corrected chi connectivity index (χ4v) is 1.74. The molecule has 1 aromatic carbocycles. The average Bonchev–Trinajstić information content (AvgIpc) is 2.41. The molecule has 0 radical (unpaired) electrons. The van der Waals surface area contributed by atoms with Gasteiger partial charge in [-0.15, -0.1) is 0 Å². The van der Waals surface area contributed by atoms with E-state index < -0.39 is 12.6 Å². The quantitative estimate of drug-likeness (QED) is 0.732. The van der Waals surface area contributed by atoms with Gasteiger partial charge in [0.05, 0.1) is 6.61 Å². The standard InChI is InChI=1S/C15H22F3NO/c1-12(19-2)4-5-13-6-8-14(9-7-13)20-11-3-10-15(16,17)18/h6-9,12,19H,3-5,10-11H2,1-2H3. The van der Waals surface area contributed by atoms with E-state index in [0.717, 1.165) is 12.8 Å². The molecule has 1 aromatic rings. The molecule has 2 nitrogen and oxygen atoms in total. The Kier molecular flexibility index (Phi) is 6.85. The number of rotatable bonds is 8. The SMILES string of the molecule is CNC(C)CCc1ccc(OCCCC(F)(F)F)cc1. The van der Waals surface area contributed by atoms with E-state index in [1.807, 2.05) is 31.3 Å². The van der Waals surface area contributed by atoms with Crippen molar-refractivity contribution in [2.24, 2.45) is 0 Å². The van der Waals surface area contributed by atoms with Gasteiger partial charge < -0.3 is 10.1 Å². The second-order valence-corrected chi connectivity index (χ2v) is 4.94. The van der Waals surface area contributed by atoms with Crippen molar-refractivity contribution in [3.63, 3.8) is 0 Å². The zero-order valence-electron chi connectivity index (χ0n) is 12.0. The number of hydrogen-bond acceptors (Lipinski definition) is 2. The Balaban J connectivity index is 2.28. The van der Waals surface area contributed by atoms with E-state index in [-0.39, 0.29) is 13.0 Å². The summed E-state index contributed by atoms with van der Waals surface area (Å²) in [5.41, 5.74) is 1.20.